The van der Waals surface area contributed by atoms with E-state index in [1.54, 1.807) is 0 Å². The van der Waals surface area contributed by atoms with E-state index in [1.807, 2.05) is 0 Å². The van der Waals surface area contributed by atoms with Crippen molar-refractivity contribution in [2.45, 2.75) is 6.04 Å². The molecular formula is C12H11F2N3O2. The van der Waals surface area contributed by atoms with Crippen molar-refractivity contribution in [3.8, 4) is 11.5 Å². The molecule has 100 valence electrons. The number of nitrogens with one attached hydrogen (secondary N) is 1. The Morgan fingerprint density at radius 2 is 2.21 bits per heavy atom. The molecule has 1 N–H and O–H groups in total. The van der Waals surface area contributed by atoms with Crippen molar-refractivity contribution in [1.29, 1.82) is 0 Å². The van der Waals surface area contributed by atoms with Crippen molar-refractivity contribution in [2.24, 2.45) is 0 Å². The summed E-state index contributed by atoms with van der Waals surface area (Å²) in [6.45, 7) is 1.73. The number of benzene rings is 1. The molecule has 0 aliphatic carbocycles. The Labute approximate surface area is 107 Å². The standard InChI is InChI=1S/C12H11F2N3O2/c13-8-3-1-2-7(10(8)14)12-16-11(17-19-12)9-6-18-5-4-15-9/h1-3,9,15H,4-6H2. The number of aromatic nitrogens is 2. The monoisotopic (exact) mass is 267 g/mol. The molecule has 7 heteroatoms. The number of nitrogens with zero attached hydrogens (tertiary/aromatic N) is 2. The number of hydrogen-bond donors (Lipinski definition) is 1. The highest BCUT2D eigenvalue weighted by Gasteiger charge is 2.23. The Hall–Kier alpha value is -1.86. The Morgan fingerprint density at radius 1 is 1.32 bits per heavy atom. The third-order valence-corrected chi connectivity index (χ3v) is 2.86. The van der Waals surface area contributed by atoms with Gasteiger partial charge in [-0.2, -0.15) is 4.98 Å². The first-order chi connectivity index (χ1) is 9.25. The predicted molar refractivity (Wildman–Crippen MR) is 61.2 cm³/mol. The molecule has 1 aliphatic rings. The quantitative estimate of drug-likeness (QED) is 0.897. The minimum Gasteiger partial charge on any atom is -0.378 e. The highest BCUT2D eigenvalue weighted by Crippen LogP contribution is 2.24. The maximum absolute atomic E-state index is 13.6. The molecule has 0 amide bonds. The predicted octanol–water partition coefficient (Wildman–Crippen LogP) is 1.68. The lowest BCUT2D eigenvalue weighted by Gasteiger charge is -2.20. The fraction of sp³-hybridized carbons (Fsp3) is 0.333. The molecule has 5 nitrogen and oxygen atoms in total. The minimum atomic E-state index is -0.995. The second-order valence-corrected chi connectivity index (χ2v) is 4.14. The van der Waals surface area contributed by atoms with Crippen LogP contribution < -0.4 is 5.32 Å². The van der Waals surface area contributed by atoms with Gasteiger partial charge in [0.25, 0.3) is 5.89 Å². The van der Waals surface area contributed by atoms with E-state index in [9.17, 15) is 8.78 Å². The van der Waals surface area contributed by atoms with Gasteiger partial charge in [-0.05, 0) is 12.1 Å². The van der Waals surface area contributed by atoms with Gasteiger partial charge in [0.05, 0.1) is 24.8 Å². The first-order valence-corrected chi connectivity index (χ1v) is 5.85. The molecular weight excluding hydrogens is 256 g/mol. The summed E-state index contributed by atoms with van der Waals surface area (Å²) in [4.78, 5) is 4.08. The normalized spacial score (nSPS) is 19.6. The largest absolute Gasteiger partial charge is 0.378 e. The van der Waals surface area contributed by atoms with Gasteiger partial charge in [-0.25, -0.2) is 8.78 Å². The second kappa shape index (κ2) is 5.02. The van der Waals surface area contributed by atoms with Crippen LogP contribution in [-0.4, -0.2) is 29.9 Å². The Kier molecular flexibility index (Phi) is 3.22. The van der Waals surface area contributed by atoms with Crippen LogP contribution in [0.3, 0.4) is 0 Å². The van der Waals surface area contributed by atoms with Gasteiger partial charge in [-0.1, -0.05) is 11.2 Å². The molecule has 1 aromatic carbocycles. The number of ether oxygens (including phenoxy) is 1. The molecule has 1 saturated heterocycles. The topological polar surface area (TPSA) is 60.2 Å². The van der Waals surface area contributed by atoms with Crippen LogP contribution in [-0.2, 0) is 4.74 Å². The van der Waals surface area contributed by atoms with Crippen LogP contribution in [0.25, 0.3) is 11.5 Å². The van der Waals surface area contributed by atoms with Gasteiger partial charge in [0.15, 0.2) is 17.5 Å². The lowest BCUT2D eigenvalue weighted by Crippen LogP contribution is -2.35. The van der Waals surface area contributed by atoms with Crippen LogP contribution in [0.2, 0.25) is 0 Å². The van der Waals surface area contributed by atoms with Crippen molar-refractivity contribution in [1.82, 2.24) is 15.5 Å². The van der Waals surface area contributed by atoms with Crippen LogP contribution in [0.1, 0.15) is 11.9 Å². The number of hydrogen-bond acceptors (Lipinski definition) is 5. The van der Waals surface area contributed by atoms with Crippen molar-refractivity contribution < 1.29 is 18.0 Å². The molecule has 0 spiro atoms. The SMILES string of the molecule is Fc1cccc(-c2nc(C3COCCN3)no2)c1F. The van der Waals surface area contributed by atoms with E-state index in [2.05, 4.69) is 15.5 Å². The van der Waals surface area contributed by atoms with Crippen molar-refractivity contribution >= 4 is 0 Å². The summed E-state index contributed by atoms with van der Waals surface area (Å²) in [7, 11) is 0. The number of rotatable bonds is 2. The van der Waals surface area contributed by atoms with E-state index >= 15 is 0 Å². The zero-order valence-corrected chi connectivity index (χ0v) is 9.90. The maximum atomic E-state index is 13.6. The summed E-state index contributed by atoms with van der Waals surface area (Å²) in [6.07, 6.45) is 0. The molecule has 1 atom stereocenters. The number of halogens is 2. The molecule has 0 bridgehead atoms. The average Bonchev–Trinajstić information content (AvgIpc) is 2.92. The van der Waals surface area contributed by atoms with Gasteiger partial charge in [0, 0.05) is 6.54 Å². The van der Waals surface area contributed by atoms with Crippen LogP contribution in [0.15, 0.2) is 22.7 Å². The summed E-state index contributed by atoms with van der Waals surface area (Å²) in [5, 5.41) is 6.92. The zero-order valence-electron chi connectivity index (χ0n) is 9.90. The molecule has 1 fully saturated rings. The summed E-state index contributed by atoms with van der Waals surface area (Å²) in [5.41, 5.74) is -0.0459. The minimum absolute atomic E-state index is 0.0422. The molecule has 1 aromatic heterocycles. The van der Waals surface area contributed by atoms with Gasteiger partial charge < -0.3 is 14.6 Å². The molecule has 2 heterocycles. The smallest absolute Gasteiger partial charge is 0.261 e. The van der Waals surface area contributed by atoms with Gasteiger partial charge in [0.2, 0.25) is 0 Å². The van der Waals surface area contributed by atoms with Crippen molar-refractivity contribution in [3.63, 3.8) is 0 Å². The molecule has 19 heavy (non-hydrogen) atoms. The molecule has 2 aromatic rings. The lowest BCUT2D eigenvalue weighted by molar-refractivity contribution is 0.0734. The Balaban J connectivity index is 1.90. The van der Waals surface area contributed by atoms with Gasteiger partial charge >= 0.3 is 0 Å². The molecule has 0 radical (unpaired) electrons. The number of morpholine rings is 1. The van der Waals surface area contributed by atoms with Gasteiger partial charge in [-0.15, -0.1) is 0 Å². The summed E-state index contributed by atoms with van der Waals surface area (Å²) < 4.78 is 37.0. The highest BCUT2D eigenvalue weighted by molar-refractivity contribution is 5.53. The third kappa shape index (κ3) is 2.34. The van der Waals surface area contributed by atoms with Crippen LogP contribution in [0, 0.1) is 11.6 Å². The second-order valence-electron chi connectivity index (χ2n) is 4.14. The molecule has 1 unspecified atom stereocenters. The lowest BCUT2D eigenvalue weighted by atomic mass is 10.2. The summed E-state index contributed by atoms with van der Waals surface area (Å²) in [5.74, 6) is -1.61. The summed E-state index contributed by atoms with van der Waals surface area (Å²) in [6, 6.07) is 3.62. The van der Waals surface area contributed by atoms with E-state index in [0.29, 0.717) is 25.6 Å². The summed E-state index contributed by atoms with van der Waals surface area (Å²) >= 11 is 0. The average molecular weight is 267 g/mol. The molecule has 3 rings (SSSR count). The van der Waals surface area contributed by atoms with Crippen LogP contribution >= 0.6 is 0 Å². The highest BCUT2D eigenvalue weighted by atomic mass is 19.2. The zero-order chi connectivity index (χ0) is 13.2. The fourth-order valence-electron chi connectivity index (χ4n) is 1.89. The van der Waals surface area contributed by atoms with Crippen LogP contribution in [0.5, 0.6) is 0 Å². The van der Waals surface area contributed by atoms with E-state index < -0.39 is 11.6 Å². The van der Waals surface area contributed by atoms with E-state index in [4.69, 9.17) is 9.26 Å². The van der Waals surface area contributed by atoms with Crippen molar-refractivity contribution in [2.75, 3.05) is 19.8 Å². The van der Waals surface area contributed by atoms with Crippen molar-refractivity contribution in [3.05, 3.63) is 35.7 Å². The first kappa shape index (κ1) is 12.2. The van der Waals surface area contributed by atoms with Gasteiger partial charge in [0.1, 0.15) is 0 Å². The fourth-order valence-corrected chi connectivity index (χ4v) is 1.89. The Morgan fingerprint density at radius 3 is 3.00 bits per heavy atom. The Bertz CT molecular complexity index is 582. The third-order valence-electron chi connectivity index (χ3n) is 2.86. The molecule has 1 aliphatic heterocycles. The van der Waals surface area contributed by atoms with E-state index in [-0.39, 0.29) is 17.5 Å². The van der Waals surface area contributed by atoms with E-state index in [1.165, 1.54) is 12.1 Å². The van der Waals surface area contributed by atoms with E-state index in [0.717, 1.165) is 6.07 Å². The molecule has 0 saturated carbocycles. The van der Waals surface area contributed by atoms with Crippen LogP contribution in [0.4, 0.5) is 8.78 Å². The first-order valence-electron chi connectivity index (χ1n) is 5.85. The van der Waals surface area contributed by atoms with Gasteiger partial charge in [-0.3, -0.25) is 0 Å². The maximum Gasteiger partial charge on any atom is 0.261 e.